The average Bonchev–Trinajstić information content (AvgIpc) is 3.13. The fourth-order valence-corrected chi connectivity index (χ4v) is 3.00. The summed E-state index contributed by atoms with van der Waals surface area (Å²) < 4.78 is 5.75. The molecule has 1 heterocycles. The molecule has 136 valence electrons. The van der Waals surface area contributed by atoms with E-state index in [2.05, 4.69) is 20.3 Å². The number of hydrogen-bond acceptors (Lipinski definition) is 4. The van der Waals surface area contributed by atoms with Gasteiger partial charge in [-0.3, -0.25) is 9.78 Å². The number of rotatable bonds is 4. The summed E-state index contributed by atoms with van der Waals surface area (Å²) in [6.07, 6.45) is 2.52. The lowest BCUT2D eigenvalue weighted by Gasteiger charge is -2.08. The SMILES string of the molecule is N/C(=N\c1nc2c(c(=O)[nH]1)CCC2)Nc1ccc(Oc2ccccc2)cc1. The van der Waals surface area contributed by atoms with Crippen molar-refractivity contribution in [1.82, 2.24) is 9.97 Å². The third kappa shape index (κ3) is 3.98. The molecule has 0 aliphatic heterocycles. The Balaban J connectivity index is 1.45. The van der Waals surface area contributed by atoms with Crippen molar-refractivity contribution in [3.05, 3.63) is 76.2 Å². The highest BCUT2D eigenvalue weighted by atomic mass is 16.5. The molecule has 1 aliphatic rings. The second-order valence-electron chi connectivity index (χ2n) is 6.23. The van der Waals surface area contributed by atoms with Gasteiger partial charge < -0.3 is 15.8 Å². The highest BCUT2D eigenvalue weighted by Gasteiger charge is 2.16. The standard InChI is InChI=1S/C20H19N5O2/c21-19(25-20-23-17-8-4-7-16(17)18(26)24-20)22-13-9-11-15(12-10-13)27-14-5-2-1-3-6-14/h1-3,5-6,9-12H,4,7-8H2,(H4,21,22,23,24,25,26). The van der Waals surface area contributed by atoms with E-state index < -0.39 is 0 Å². The quantitative estimate of drug-likeness (QED) is 0.489. The van der Waals surface area contributed by atoms with Crippen LogP contribution >= 0.6 is 0 Å². The number of aliphatic imine (C=N–C) groups is 1. The molecule has 4 N–H and O–H groups in total. The molecule has 0 atom stereocenters. The van der Waals surface area contributed by atoms with Crippen molar-refractivity contribution in [3.8, 4) is 11.5 Å². The van der Waals surface area contributed by atoms with E-state index in [9.17, 15) is 4.79 Å². The molecule has 0 unspecified atom stereocenters. The Hall–Kier alpha value is -3.61. The Bertz CT molecular complexity index is 1030. The molecule has 3 aromatic rings. The van der Waals surface area contributed by atoms with Crippen molar-refractivity contribution in [2.24, 2.45) is 10.7 Å². The van der Waals surface area contributed by atoms with E-state index in [0.29, 0.717) is 5.75 Å². The molecule has 1 aromatic heterocycles. The van der Waals surface area contributed by atoms with Gasteiger partial charge in [0.2, 0.25) is 11.9 Å². The van der Waals surface area contributed by atoms with Gasteiger partial charge in [-0.25, -0.2) is 4.98 Å². The summed E-state index contributed by atoms with van der Waals surface area (Å²) in [4.78, 5) is 23.2. The fourth-order valence-electron chi connectivity index (χ4n) is 3.00. The first-order chi connectivity index (χ1) is 13.2. The number of ether oxygens (including phenoxy) is 1. The summed E-state index contributed by atoms with van der Waals surface area (Å²) in [6.45, 7) is 0. The number of fused-ring (bicyclic) bond motifs is 1. The van der Waals surface area contributed by atoms with Crippen LogP contribution in [0.2, 0.25) is 0 Å². The zero-order valence-corrected chi connectivity index (χ0v) is 14.6. The first kappa shape index (κ1) is 16.8. The minimum atomic E-state index is -0.133. The van der Waals surface area contributed by atoms with Crippen molar-refractivity contribution in [3.63, 3.8) is 0 Å². The summed E-state index contributed by atoms with van der Waals surface area (Å²) in [5.41, 5.74) is 8.13. The molecule has 0 amide bonds. The molecule has 4 rings (SSSR count). The third-order valence-electron chi connectivity index (χ3n) is 4.26. The number of aromatic nitrogens is 2. The zero-order chi connectivity index (χ0) is 18.6. The van der Waals surface area contributed by atoms with E-state index in [4.69, 9.17) is 10.5 Å². The van der Waals surface area contributed by atoms with E-state index in [1.54, 1.807) is 0 Å². The summed E-state index contributed by atoms with van der Waals surface area (Å²) in [5.74, 6) is 1.85. The molecular weight excluding hydrogens is 342 g/mol. The predicted molar refractivity (Wildman–Crippen MR) is 105 cm³/mol. The van der Waals surface area contributed by atoms with Gasteiger partial charge in [-0.1, -0.05) is 18.2 Å². The van der Waals surface area contributed by atoms with Crippen LogP contribution in [0.3, 0.4) is 0 Å². The van der Waals surface area contributed by atoms with Crippen molar-refractivity contribution < 1.29 is 4.74 Å². The van der Waals surface area contributed by atoms with Crippen molar-refractivity contribution in [2.75, 3.05) is 5.32 Å². The molecule has 0 radical (unpaired) electrons. The normalized spacial score (nSPS) is 13.3. The maximum atomic E-state index is 12.0. The van der Waals surface area contributed by atoms with Gasteiger partial charge in [0.15, 0.2) is 0 Å². The van der Waals surface area contributed by atoms with Gasteiger partial charge in [-0.05, 0) is 55.7 Å². The van der Waals surface area contributed by atoms with Crippen LogP contribution in [-0.4, -0.2) is 15.9 Å². The minimum Gasteiger partial charge on any atom is -0.457 e. The topological polar surface area (TPSA) is 105 Å². The smallest absolute Gasteiger partial charge is 0.255 e. The van der Waals surface area contributed by atoms with Gasteiger partial charge in [0.1, 0.15) is 11.5 Å². The maximum absolute atomic E-state index is 12.0. The number of nitrogens with two attached hydrogens (primary N) is 1. The van der Waals surface area contributed by atoms with Crippen LogP contribution in [0.4, 0.5) is 11.6 Å². The number of nitrogens with one attached hydrogen (secondary N) is 2. The molecule has 0 saturated carbocycles. The Labute approximate surface area is 155 Å². The van der Waals surface area contributed by atoms with E-state index in [0.717, 1.165) is 42.0 Å². The summed E-state index contributed by atoms with van der Waals surface area (Å²) >= 11 is 0. The van der Waals surface area contributed by atoms with Gasteiger partial charge in [0.25, 0.3) is 5.56 Å². The lowest BCUT2D eigenvalue weighted by atomic mass is 10.3. The van der Waals surface area contributed by atoms with E-state index in [-0.39, 0.29) is 17.5 Å². The Morgan fingerprint density at radius 3 is 2.59 bits per heavy atom. The zero-order valence-electron chi connectivity index (χ0n) is 14.6. The monoisotopic (exact) mass is 361 g/mol. The highest BCUT2D eigenvalue weighted by Crippen LogP contribution is 2.22. The van der Waals surface area contributed by atoms with E-state index in [1.165, 1.54) is 0 Å². The highest BCUT2D eigenvalue weighted by molar-refractivity contribution is 5.93. The number of hydrogen-bond donors (Lipinski definition) is 3. The van der Waals surface area contributed by atoms with Crippen LogP contribution < -0.4 is 21.3 Å². The van der Waals surface area contributed by atoms with E-state index >= 15 is 0 Å². The summed E-state index contributed by atoms with van der Waals surface area (Å²) in [7, 11) is 0. The van der Waals surface area contributed by atoms with Crippen molar-refractivity contribution in [1.29, 1.82) is 0 Å². The first-order valence-corrected chi connectivity index (χ1v) is 8.73. The number of H-pyrrole nitrogens is 1. The van der Waals surface area contributed by atoms with Crippen LogP contribution in [0.5, 0.6) is 11.5 Å². The lowest BCUT2D eigenvalue weighted by Crippen LogP contribution is -2.23. The van der Waals surface area contributed by atoms with Gasteiger partial charge in [0, 0.05) is 11.3 Å². The maximum Gasteiger partial charge on any atom is 0.255 e. The molecular formula is C20H19N5O2. The van der Waals surface area contributed by atoms with Gasteiger partial charge in [-0.15, -0.1) is 0 Å². The van der Waals surface area contributed by atoms with Crippen molar-refractivity contribution >= 4 is 17.6 Å². The molecule has 27 heavy (non-hydrogen) atoms. The average molecular weight is 361 g/mol. The number of aromatic amines is 1. The van der Waals surface area contributed by atoms with Crippen molar-refractivity contribution in [2.45, 2.75) is 19.3 Å². The molecule has 0 fully saturated rings. The Morgan fingerprint density at radius 1 is 1.07 bits per heavy atom. The summed E-state index contributed by atoms with van der Waals surface area (Å²) in [5, 5.41) is 2.98. The second-order valence-corrected chi connectivity index (χ2v) is 6.23. The Kier molecular flexibility index (Phi) is 4.57. The summed E-state index contributed by atoms with van der Waals surface area (Å²) in [6, 6.07) is 16.9. The van der Waals surface area contributed by atoms with Crippen LogP contribution in [0, 0.1) is 0 Å². The molecule has 7 heteroatoms. The third-order valence-corrected chi connectivity index (χ3v) is 4.26. The van der Waals surface area contributed by atoms with Gasteiger partial charge in [0.05, 0.1) is 5.69 Å². The molecule has 0 bridgehead atoms. The Morgan fingerprint density at radius 2 is 1.81 bits per heavy atom. The fraction of sp³-hybridized carbons (Fsp3) is 0.150. The molecule has 2 aromatic carbocycles. The van der Waals surface area contributed by atoms with Crippen LogP contribution in [0.15, 0.2) is 64.4 Å². The number of anilines is 1. The van der Waals surface area contributed by atoms with Gasteiger partial charge in [-0.2, -0.15) is 4.99 Å². The lowest BCUT2D eigenvalue weighted by molar-refractivity contribution is 0.483. The molecule has 0 saturated heterocycles. The molecule has 1 aliphatic carbocycles. The number of aryl methyl sites for hydroxylation is 1. The van der Waals surface area contributed by atoms with Crippen LogP contribution in [-0.2, 0) is 12.8 Å². The van der Waals surface area contributed by atoms with Crippen LogP contribution in [0.25, 0.3) is 0 Å². The molecule has 0 spiro atoms. The predicted octanol–water partition coefficient (Wildman–Crippen LogP) is 3.11. The number of para-hydroxylation sites is 1. The number of benzene rings is 2. The largest absolute Gasteiger partial charge is 0.457 e. The second kappa shape index (κ2) is 7.33. The van der Waals surface area contributed by atoms with Gasteiger partial charge >= 0.3 is 0 Å². The first-order valence-electron chi connectivity index (χ1n) is 8.73. The van der Waals surface area contributed by atoms with Crippen LogP contribution in [0.1, 0.15) is 17.7 Å². The number of nitrogens with zero attached hydrogens (tertiary/aromatic N) is 2. The minimum absolute atomic E-state index is 0.133. The molecule has 7 nitrogen and oxygen atoms in total. The number of guanidine groups is 1. The van der Waals surface area contributed by atoms with E-state index in [1.807, 2.05) is 54.6 Å².